The lowest BCUT2D eigenvalue weighted by molar-refractivity contribution is -0.780. The minimum absolute atomic E-state index is 0.181. The summed E-state index contributed by atoms with van der Waals surface area (Å²) in [5.41, 5.74) is 0.709. The van der Waals surface area contributed by atoms with Gasteiger partial charge in [-0.2, -0.15) is 0 Å². The van der Waals surface area contributed by atoms with E-state index in [1.807, 2.05) is 0 Å². The van der Waals surface area contributed by atoms with Crippen molar-refractivity contribution in [2.45, 2.75) is 13.3 Å². The van der Waals surface area contributed by atoms with E-state index in [9.17, 15) is 19.3 Å². The van der Waals surface area contributed by atoms with Crippen molar-refractivity contribution in [2.75, 3.05) is 6.61 Å². The van der Waals surface area contributed by atoms with Gasteiger partial charge in [-0.05, 0) is 13.3 Å². The van der Waals surface area contributed by atoms with Gasteiger partial charge in [-0.3, -0.25) is 9.56 Å². The molecule has 0 aromatic rings. The second kappa shape index (κ2) is 6.37. The maximum absolute atomic E-state index is 11.1. The van der Waals surface area contributed by atoms with Crippen LogP contribution in [-0.4, -0.2) is 6.61 Å². The van der Waals surface area contributed by atoms with E-state index in [4.69, 9.17) is 0 Å². The molecule has 9 heteroatoms. The van der Waals surface area contributed by atoms with Crippen molar-refractivity contribution in [1.82, 2.24) is 0 Å². The molecule has 0 spiro atoms. The summed E-state index contributed by atoms with van der Waals surface area (Å²) in [7, 11) is -8.00. The van der Waals surface area contributed by atoms with E-state index in [2.05, 4.69) is 20.8 Å². The van der Waals surface area contributed by atoms with Crippen LogP contribution in [0.2, 0.25) is 0 Å². The van der Waals surface area contributed by atoms with Crippen LogP contribution in [0, 0.1) is 0 Å². The van der Waals surface area contributed by atoms with Crippen molar-refractivity contribution in [1.29, 1.82) is 0 Å². The highest BCUT2D eigenvalue weighted by atomic mass is 32.1. The molecule has 0 aromatic heterocycles. The van der Waals surface area contributed by atoms with Gasteiger partial charge in [-0.1, -0.05) is 10.1 Å². The van der Waals surface area contributed by atoms with Crippen LogP contribution in [0.3, 0.4) is 0 Å². The molecule has 0 N–H and O–H groups in total. The molecule has 82 valence electrons. The van der Waals surface area contributed by atoms with E-state index in [-0.39, 0.29) is 6.61 Å². The summed E-state index contributed by atoms with van der Waals surface area (Å²) in [6, 6.07) is 0. The zero-order chi connectivity index (χ0) is 11.2. The van der Waals surface area contributed by atoms with E-state index in [1.165, 1.54) is 0 Å². The molecule has 0 aromatic carbocycles. The van der Waals surface area contributed by atoms with Crippen LogP contribution in [-0.2, 0) is 23.4 Å². The number of rotatable bonds is 7. The van der Waals surface area contributed by atoms with Gasteiger partial charge < -0.3 is 10.2 Å². The molecule has 0 saturated heterocycles. The monoisotopic (exact) mass is 243 g/mol. The van der Waals surface area contributed by atoms with Gasteiger partial charge in [0.05, 0.1) is 6.61 Å². The van der Waals surface area contributed by atoms with Gasteiger partial charge in [0.1, 0.15) is 0 Å². The van der Waals surface area contributed by atoms with Crippen LogP contribution >= 0.6 is 15.0 Å². The first-order valence-electron chi connectivity index (χ1n) is 3.44. The summed E-state index contributed by atoms with van der Waals surface area (Å²) in [4.78, 5) is 10.4. The van der Waals surface area contributed by atoms with Gasteiger partial charge in [-0.15, -0.1) is 11.3 Å². The smallest absolute Gasteiger partial charge is 0.593 e. The first-order valence-corrected chi connectivity index (χ1v) is 6.87. The first kappa shape index (κ1) is 13.9. The van der Waals surface area contributed by atoms with Crippen LogP contribution in [0.25, 0.3) is 0 Å². The Balaban J connectivity index is 4.17. The third kappa shape index (κ3) is 4.93. The zero-order valence-corrected chi connectivity index (χ0v) is 9.16. The summed E-state index contributed by atoms with van der Waals surface area (Å²) < 4.78 is 29.4. The quantitative estimate of drug-likeness (QED) is 0.275. The van der Waals surface area contributed by atoms with Crippen molar-refractivity contribution < 1.29 is 33.5 Å². The molecule has 0 bridgehead atoms. The molecule has 14 heavy (non-hydrogen) atoms. The summed E-state index contributed by atoms with van der Waals surface area (Å²) in [5.74, 6) is 0. The predicted octanol–water partition coefficient (Wildman–Crippen LogP) is 0.403. The minimum Gasteiger partial charge on any atom is -0.691 e. The summed E-state index contributed by atoms with van der Waals surface area (Å²) in [5, 5.41) is 12.3. The summed E-state index contributed by atoms with van der Waals surface area (Å²) in [6.45, 7) is 5.01. The van der Waals surface area contributed by atoms with E-state index in [0.717, 1.165) is 0 Å². The first-order chi connectivity index (χ1) is 6.42. The van der Waals surface area contributed by atoms with Gasteiger partial charge in [0, 0.05) is 0 Å². The van der Waals surface area contributed by atoms with Crippen LogP contribution in [0.4, 0.5) is 0 Å². The fourth-order valence-electron chi connectivity index (χ4n) is 0.470. The molecule has 0 heterocycles. The molecular weight excluding hydrogens is 234 g/mol. The lowest BCUT2D eigenvalue weighted by Gasteiger charge is -2.10. The van der Waals surface area contributed by atoms with Crippen LogP contribution in [0.5, 0.6) is 0 Å². The second-order valence-corrected chi connectivity index (χ2v) is 6.66. The second-order valence-electron chi connectivity index (χ2n) is 2.39. The Labute approximate surface area is 81.4 Å². The van der Waals surface area contributed by atoms with Gasteiger partial charge in [0.15, 0.2) is 0 Å². The Bertz CT molecular complexity index is 263. The highest BCUT2D eigenvalue weighted by Gasteiger charge is 2.42. The third-order valence-electron chi connectivity index (χ3n) is 1.11. The van der Waals surface area contributed by atoms with Crippen LogP contribution in [0.15, 0.2) is 12.2 Å². The van der Waals surface area contributed by atoms with E-state index in [0.29, 0.717) is 12.0 Å². The van der Waals surface area contributed by atoms with Crippen molar-refractivity contribution in [3.05, 3.63) is 12.2 Å². The average molecular weight is 243 g/mol. The Morgan fingerprint density at radius 3 is 2.57 bits per heavy atom. The fourth-order valence-corrected chi connectivity index (χ4v) is 1.83. The maximum Gasteiger partial charge on any atom is 0.593 e. The lowest BCUT2D eigenvalue weighted by Crippen LogP contribution is -2.07. The molecule has 0 fully saturated rings. The van der Waals surface area contributed by atoms with Crippen LogP contribution in [0.1, 0.15) is 13.3 Å². The standard InChI is InChI=1S/C5H10O7P2/c1-5(2)3-4-10-14(9,12-11-6)13(7)8/h6H,1,3-4H2,2H3/p-1. The van der Waals surface area contributed by atoms with E-state index in [1.54, 1.807) is 6.92 Å². The van der Waals surface area contributed by atoms with Crippen molar-refractivity contribution in [3.8, 4) is 0 Å². The maximum atomic E-state index is 11.1. The Hall–Kier alpha value is -0.130. The van der Waals surface area contributed by atoms with E-state index >= 15 is 0 Å². The summed E-state index contributed by atoms with van der Waals surface area (Å²) in [6.07, 6.45) is 0.301. The van der Waals surface area contributed by atoms with Gasteiger partial charge >= 0.3 is 15.0 Å². The third-order valence-corrected chi connectivity index (χ3v) is 4.01. The SMILES string of the molecule is C=C(C)CCOP(=O)(OO[O-])[P+](=O)[O-]. The van der Waals surface area contributed by atoms with Gasteiger partial charge in [-0.25, -0.2) is 4.57 Å². The molecule has 0 aliphatic heterocycles. The highest BCUT2D eigenvalue weighted by Crippen LogP contribution is 2.65. The van der Waals surface area contributed by atoms with Crippen molar-refractivity contribution in [2.24, 2.45) is 0 Å². The Kier molecular flexibility index (Phi) is 6.31. The highest BCUT2D eigenvalue weighted by molar-refractivity contribution is 8.20. The van der Waals surface area contributed by atoms with Crippen molar-refractivity contribution in [3.63, 3.8) is 0 Å². The molecule has 0 saturated carbocycles. The molecule has 7 nitrogen and oxygen atoms in total. The molecule has 0 aliphatic carbocycles. The molecule has 0 amide bonds. The minimum atomic E-state index is -4.47. The Morgan fingerprint density at radius 2 is 2.21 bits per heavy atom. The Morgan fingerprint density at radius 1 is 1.64 bits per heavy atom. The van der Waals surface area contributed by atoms with E-state index < -0.39 is 15.0 Å². The molecular formula is C5H9O7P2-. The lowest BCUT2D eigenvalue weighted by atomic mass is 10.3. The largest absolute Gasteiger partial charge is 0.691 e. The van der Waals surface area contributed by atoms with Gasteiger partial charge in [0.25, 0.3) is 0 Å². The normalized spacial score (nSPS) is 16.1. The zero-order valence-electron chi connectivity index (χ0n) is 7.37. The summed E-state index contributed by atoms with van der Waals surface area (Å²) >= 11 is 0. The number of hydrogen-bond donors (Lipinski definition) is 0. The average Bonchev–Trinajstić information content (AvgIpc) is 2.03. The molecule has 2 atom stereocenters. The molecule has 0 aliphatic rings. The predicted molar refractivity (Wildman–Crippen MR) is 42.8 cm³/mol. The fraction of sp³-hybridized carbons (Fsp3) is 0.600. The molecule has 0 rings (SSSR count). The van der Waals surface area contributed by atoms with Crippen molar-refractivity contribution >= 4 is 15.0 Å². The van der Waals surface area contributed by atoms with Crippen LogP contribution < -0.4 is 10.2 Å². The molecule has 2 unspecified atom stereocenters. The number of hydrogen-bond acceptors (Lipinski definition) is 7. The molecule has 0 radical (unpaired) electrons. The van der Waals surface area contributed by atoms with Gasteiger partial charge in [0.2, 0.25) is 0 Å². The topological polar surface area (TPSA) is 108 Å².